The second kappa shape index (κ2) is 9.48. The van der Waals surface area contributed by atoms with Gasteiger partial charge >= 0.3 is 5.97 Å². The number of benzene rings is 3. The van der Waals surface area contributed by atoms with Crippen LogP contribution in [-0.4, -0.2) is 33.1 Å². The third-order valence-electron chi connectivity index (χ3n) is 5.16. The Morgan fingerprint density at radius 1 is 0.939 bits per heavy atom. The number of phenols is 1. The summed E-state index contributed by atoms with van der Waals surface area (Å²) in [6, 6.07) is 19.0. The highest BCUT2D eigenvalue weighted by atomic mass is 35.5. The third-order valence-corrected chi connectivity index (χ3v) is 5.79. The van der Waals surface area contributed by atoms with Gasteiger partial charge in [0.05, 0.1) is 26.8 Å². The van der Waals surface area contributed by atoms with Gasteiger partial charge in [0.15, 0.2) is 0 Å². The van der Waals surface area contributed by atoms with Crippen LogP contribution in [0.1, 0.15) is 15.9 Å². The van der Waals surface area contributed by atoms with Gasteiger partial charge in [-0.1, -0.05) is 53.5 Å². The monoisotopic (exact) mass is 480 g/mol. The van der Waals surface area contributed by atoms with Gasteiger partial charge in [0.1, 0.15) is 11.8 Å². The number of aromatic nitrogens is 1. The fourth-order valence-corrected chi connectivity index (χ4v) is 4.11. The van der Waals surface area contributed by atoms with E-state index in [0.717, 1.165) is 5.39 Å². The zero-order chi connectivity index (χ0) is 23.5. The van der Waals surface area contributed by atoms with Crippen molar-refractivity contribution in [1.29, 1.82) is 0 Å². The Balaban J connectivity index is 1.58. The number of carboxylic acid groups (broad SMARTS) is 1. The van der Waals surface area contributed by atoms with Crippen LogP contribution in [0.2, 0.25) is 10.0 Å². The SMILES string of the molecule is O=C(NC(Cc1ccc2nc(-c3c(Cl)cccc3Cl)ccc2c1)C(=O)O)c1ccccc1O. The Morgan fingerprint density at radius 3 is 2.36 bits per heavy atom. The van der Waals surface area contributed by atoms with Crippen LogP contribution >= 0.6 is 23.2 Å². The smallest absolute Gasteiger partial charge is 0.326 e. The summed E-state index contributed by atoms with van der Waals surface area (Å²) >= 11 is 12.6. The minimum absolute atomic E-state index is 0.0113. The zero-order valence-corrected chi connectivity index (χ0v) is 18.6. The van der Waals surface area contributed by atoms with Crippen LogP contribution in [0.25, 0.3) is 22.2 Å². The highest BCUT2D eigenvalue weighted by Crippen LogP contribution is 2.34. The Bertz CT molecular complexity index is 1350. The van der Waals surface area contributed by atoms with Crippen molar-refractivity contribution in [2.75, 3.05) is 0 Å². The summed E-state index contributed by atoms with van der Waals surface area (Å²) in [5.74, 6) is -2.06. The first-order valence-electron chi connectivity index (χ1n) is 9.99. The van der Waals surface area contributed by atoms with Gasteiger partial charge in [0.25, 0.3) is 5.91 Å². The van der Waals surface area contributed by atoms with Crippen molar-refractivity contribution in [2.45, 2.75) is 12.5 Å². The number of amides is 1. The van der Waals surface area contributed by atoms with E-state index in [1.165, 1.54) is 12.1 Å². The number of para-hydroxylation sites is 1. The number of hydrogen-bond acceptors (Lipinski definition) is 4. The average Bonchev–Trinajstić information content (AvgIpc) is 2.78. The molecule has 1 amide bonds. The maximum atomic E-state index is 12.4. The highest BCUT2D eigenvalue weighted by molar-refractivity contribution is 6.39. The molecular formula is C25H18Cl2N2O4. The molecule has 3 aromatic carbocycles. The van der Waals surface area contributed by atoms with E-state index in [1.807, 2.05) is 12.1 Å². The van der Waals surface area contributed by atoms with Gasteiger partial charge in [0.2, 0.25) is 0 Å². The van der Waals surface area contributed by atoms with Crippen molar-refractivity contribution < 1.29 is 19.8 Å². The van der Waals surface area contributed by atoms with E-state index in [4.69, 9.17) is 23.2 Å². The van der Waals surface area contributed by atoms with Gasteiger partial charge < -0.3 is 15.5 Å². The number of phenolic OH excluding ortho intramolecular Hbond substituents is 1. The number of nitrogens with zero attached hydrogens (tertiary/aromatic N) is 1. The number of carbonyl (C=O) groups excluding carboxylic acids is 1. The van der Waals surface area contributed by atoms with Crippen LogP contribution in [0.15, 0.2) is 72.8 Å². The molecule has 1 atom stereocenters. The highest BCUT2D eigenvalue weighted by Gasteiger charge is 2.22. The number of fused-ring (bicyclic) bond motifs is 1. The van der Waals surface area contributed by atoms with Crippen LogP contribution < -0.4 is 5.32 Å². The maximum Gasteiger partial charge on any atom is 0.326 e. The van der Waals surface area contributed by atoms with Gasteiger partial charge in [-0.25, -0.2) is 9.78 Å². The van der Waals surface area contributed by atoms with Gasteiger partial charge in [-0.3, -0.25) is 4.79 Å². The summed E-state index contributed by atoms with van der Waals surface area (Å²) in [4.78, 5) is 28.9. The van der Waals surface area contributed by atoms with Crippen molar-refractivity contribution in [3.05, 3.63) is 94.0 Å². The van der Waals surface area contributed by atoms with Crippen LogP contribution in [0, 0.1) is 0 Å². The van der Waals surface area contributed by atoms with Crippen molar-refractivity contribution in [2.24, 2.45) is 0 Å². The fraction of sp³-hybridized carbons (Fsp3) is 0.0800. The number of rotatable bonds is 6. The summed E-state index contributed by atoms with van der Waals surface area (Å²) in [7, 11) is 0. The first-order chi connectivity index (χ1) is 15.8. The summed E-state index contributed by atoms with van der Waals surface area (Å²) in [6.07, 6.45) is 0.0582. The average molecular weight is 481 g/mol. The van der Waals surface area contributed by atoms with Crippen LogP contribution in [0.4, 0.5) is 0 Å². The largest absolute Gasteiger partial charge is 0.507 e. The van der Waals surface area contributed by atoms with E-state index in [-0.39, 0.29) is 17.7 Å². The summed E-state index contributed by atoms with van der Waals surface area (Å²) in [6.45, 7) is 0. The molecule has 0 aliphatic rings. The number of nitrogens with one attached hydrogen (secondary N) is 1. The Kier molecular flexibility index (Phi) is 6.49. The molecule has 0 aliphatic carbocycles. The maximum absolute atomic E-state index is 12.4. The lowest BCUT2D eigenvalue weighted by Crippen LogP contribution is -2.42. The number of aliphatic carboxylic acids is 1. The molecule has 166 valence electrons. The Morgan fingerprint density at radius 2 is 1.67 bits per heavy atom. The molecule has 0 fully saturated rings. The standard InChI is InChI=1S/C25H18Cl2N2O4/c26-17-5-3-6-18(27)23(17)20-11-9-15-12-14(8-10-19(15)28-20)13-21(25(32)33)29-24(31)16-4-1-2-7-22(16)30/h1-12,21,30H,13H2,(H,29,31)(H,32,33). The molecule has 1 heterocycles. The molecule has 0 saturated heterocycles. The van der Waals surface area contributed by atoms with Crippen molar-refractivity contribution >= 4 is 46.0 Å². The minimum Gasteiger partial charge on any atom is -0.507 e. The second-order valence-electron chi connectivity index (χ2n) is 7.41. The van der Waals surface area contributed by atoms with Gasteiger partial charge in [-0.2, -0.15) is 0 Å². The number of hydrogen-bond donors (Lipinski definition) is 3. The Labute approximate surface area is 199 Å². The van der Waals surface area contributed by atoms with Crippen molar-refractivity contribution in [3.63, 3.8) is 0 Å². The molecule has 1 aromatic heterocycles. The van der Waals surface area contributed by atoms with Crippen LogP contribution in [-0.2, 0) is 11.2 Å². The van der Waals surface area contributed by atoms with E-state index in [2.05, 4.69) is 10.3 Å². The first-order valence-corrected chi connectivity index (χ1v) is 10.7. The number of aromatic hydroxyl groups is 1. The van der Waals surface area contributed by atoms with E-state index in [9.17, 15) is 19.8 Å². The topological polar surface area (TPSA) is 99.5 Å². The number of halogens is 2. The minimum atomic E-state index is -1.18. The fourth-order valence-electron chi connectivity index (χ4n) is 3.52. The lowest BCUT2D eigenvalue weighted by atomic mass is 10.0. The predicted molar refractivity (Wildman–Crippen MR) is 128 cm³/mol. The summed E-state index contributed by atoms with van der Waals surface area (Å²) < 4.78 is 0. The molecule has 3 N–H and O–H groups in total. The van der Waals surface area contributed by atoms with E-state index < -0.39 is 17.9 Å². The van der Waals surface area contributed by atoms with Crippen LogP contribution in [0.5, 0.6) is 5.75 Å². The first kappa shape index (κ1) is 22.6. The second-order valence-corrected chi connectivity index (χ2v) is 8.22. The van der Waals surface area contributed by atoms with E-state index in [0.29, 0.717) is 32.4 Å². The molecule has 4 rings (SSSR count). The van der Waals surface area contributed by atoms with Crippen molar-refractivity contribution in [1.82, 2.24) is 10.3 Å². The van der Waals surface area contributed by atoms with Crippen molar-refractivity contribution in [3.8, 4) is 17.0 Å². The van der Waals surface area contributed by atoms with Gasteiger partial charge in [-0.05, 0) is 48.0 Å². The molecule has 0 saturated carbocycles. The molecule has 0 aliphatic heterocycles. The van der Waals surface area contributed by atoms with Crippen LogP contribution in [0.3, 0.4) is 0 Å². The molecule has 0 bridgehead atoms. The summed E-state index contributed by atoms with van der Waals surface area (Å²) in [5, 5.41) is 23.7. The van der Waals surface area contributed by atoms with E-state index in [1.54, 1.807) is 48.5 Å². The lowest BCUT2D eigenvalue weighted by Gasteiger charge is -2.15. The third kappa shape index (κ3) is 4.92. The van der Waals surface area contributed by atoms with Gasteiger partial charge in [-0.15, -0.1) is 0 Å². The lowest BCUT2D eigenvalue weighted by molar-refractivity contribution is -0.139. The molecule has 8 heteroatoms. The Hall–Kier alpha value is -3.61. The normalized spacial score (nSPS) is 11.8. The quantitative estimate of drug-likeness (QED) is 0.345. The zero-order valence-electron chi connectivity index (χ0n) is 17.1. The molecule has 0 spiro atoms. The molecule has 33 heavy (non-hydrogen) atoms. The molecule has 1 unspecified atom stereocenters. The molecule has 0 radical (unpaired) electrons. The summed E-state index contributed by atoms with van der Waals surface area (Å²) in [5.41, 5.74) is 2.68. The van der Waals surface area contributed by atoms with E-state index >= 15 is 0 Å². The number of carbonyl (C=O) groups is 2. The number of carboxylic acids is 1. The molecular weight excluding hydrogens is 463 g/mol. The molecule has 4 aromatic rings. The number of pyridine rings is 1. The van der Waals surface area contributed by atoms with Gasteiger partial charge in [0, 0.05) is 17.4 Å². The molecule has 6 nitrogen and oxygen atoms in total. The predicted octanol–water partition coefficient (Wildman–Crippen LogP) is 5.34.